The number of unbranched alkanes of at least 4 members (excludes halogenated alkanes) is 26. The van der Waals surface area contributed by atoms with Crippen LogP contribution in [0, 0.1) is 0 Å². The smallest absolute Gasteiger partial charge is 0.220 e. The molecule has 0 spiro atoms. The van der Waals surface area contributed by atoms with Crippen LogP contribution in [0.3, 0.4) is 0 Å². The lowest BCUT2D eigenvalue weighted by atomic mass is 10.0. The van der Waals surface area contributed by atoms with E-state index in [4.69, 9.17) is 0 Å². The third-order valence-corrected chi connectivity index (χ3v) is 9.35. The van der Waals surface area contributed by atoms with Crippen LogP contribution in [0.4, 0.5) is 0 Å². The largest absolute Gasteiger partial charge is 0.394 e. The van der Waals surface area contributed by atoms with Gasteiger partial charge in [0.25, 0.3) is 0 Å². The number of hydrogen-bond donors (Lipinski definition) is 3. The van der Waals surface area contributed by atoms with Crippen molar-refractivity contribution < 1.29 is 15.0 Å². The Morgan fingerprint density at radius 2 is 0.830 bits per heavy atom. The highest BCUT2D eigenvalue weighted by molar-refractivity contribution is 5.76. The molecule has 0 aromatic carbocycles. The van der Waals surface area contributed by atoms with Crippen molar-refractivity contribution in [3.8, 4) is 0 Å². The van der Waals surface area contributed by atoms with Crippen molar-refractivity contribution in [2.75, 3.05) is 6.61 Å². The normalized spacial score (nSPS) is 13.4. The highest BCUT2D eigenvalue weighted by Gasteiger charge is 2.17. The van der Waals surface area contributed by atoms with Crippen LogP contribution in [-0.2, 0) is 4.79 Å². The van der Waals surface area contributed by atoms with Crippen LogP contribution in [0.1, 0.15) is 213 Å². The van der Waals surface area contributed by atoms with Crippen LogP contribution in [0.25, 0.3) is 0 Å². The number of carbonyl (C=O) groups is 1. The molecule has 0 heterocycles. The number of hydrogen-bond acceptors (Lipinski definition) is 3. The molecular weight excluding hydrogens is 578 g/mol. The van der Waals surface area contributed by atoms with Crippen LogP contribution in [-0.4, -0.2) is 34.9 Å². The Bertz CT molecular complexity index is 716. The number of carbonyl (C=O) groups excluding carboxylic acids is 1. The summed E-state index contributed by atoms with van der Waals surface area (Å²) in [6.45, 7) is 4.28. The summed E-state index contributed by atoms with van der Waals surface area (Å²) in [5, 5.41) is 22.9. The van der Waals surface area contributed by atoms with E-state index >= 15 is 0 Å². The van der Waals surface area contributed by atoms with E-state index in [2.05, 4.69) is 43.5 Å². The van der Waals surface area contributed by atoms with Gasteiger partial charge in [0.2, 0.25) is 5.91 Å². The van der Waals surface area contributed by atoms with Gasteiger partial charge in [-0.1, -0.05) is 198 Å². The lowest BCUT2D eigenvalue weighted by Crippen LogP contribution is -2.45. The van der Waals surface area contributed by atoms with Gasteiger partial charge in [0, 0.05) is 6.42 Å². The predicted octanol–water partition coefficient (Wildman–Crippen LogP) is 12.6. The summed E-state index contributed by atoms with van der Waals surface area (Å²) in [6.07, 6.45) is 51.1. The number of aliphatic hydroxyl groups is 2. The molecule has 0 radical (unpaired) electrons. The number of amides is 1. The van der Waals surface area contributed by atoms with Gasteiger partial charge in [-0.25, -0.2) is 0 Å². The lowest BCUT2D eigenvalue weighted by Gasteiger charge is -2.19. The zero-order chi connectivity index (χ0) is 34.3. The van der Waals surface area contributed by atoms with E-state index in [0.29, 0.717) is 6.42 Å². The van der Waals surface area contributed by atoms with Crippen LogP contribution in [0.2, 0.25) is 0 Å². The fourth-order valence-electron chi connectivity index (χ4n) is 6.15. The molecule has 0 aliphatic rings. The van der Waals surface area contributed by atoms with E-state index in [1.54, 1.807) is 6.08 Å². The highest BCUT2D eigenvalue weighted by atomic mass is 16.3. The monoisotopic (exact) mass is 660 g/mol. The van der Waals surface area contributed by atoms with Crippen molar-refractivity contribution in [3.63, 3.8) is 0 Å². The first kappa shape index (κ1) is 45.6. The molecule has 2 unspecified atom stereocenters. The number of aliphatic hydroxyl groups excluding tert-OH is 2. The fourth-order valence-corrected chi connectivity index (χ4v) is 6.15. The summed E-state index contributed by atoms with van der Waals surface area (Å²) in [6, 6.07) is -0.640. The SMILES string of the molecule is CCCCCCCCCCCCCCCCC/C=C/CC/C=C/CC/C=C/C(O)C(CO)NC(=O)CCCCCCCCCCCC. The third-order valence-electron chi connectivity index (χ3n) is 9.35. The minimum atomic E-state index is -0.865. The molecule has 3 N–H and O–H groups in total. The van der Waals surface area contributed by atoms with Gasteiger partial charge in [-0.2, -0.15) is 0 Å². The third kappa shape index (κ3) is 35.7. The Hall–Kier alpha value is -1.39. The maximum Gasteiger partial charge on any atom is 0.220 e. The Morgan fingerprint density at radius 3 is 1.23 bits per heavy atom. The van der Waals surface area contributed by atoms with Gasteiger partial charge in [0.05, 0.1) is 18.8 Å². The molecule has 0 rings (SSSR count). The van der Waals surface area contributed by atoms with Crippen molar-refractivity contribution in [1.29, 1.82) is 0 Å². The van der Waals surface area contributed by atoms with Crippen molar-refractivity contribution in [2.45, 2.75) is 225 Å². The zero-order valence-electron chi connectivity index (χ0n) is 31.5. The van der Waals surface area contributed by atoms with Crippen molar-refractivity contribution in [1.82, 2.24) is 5.32 Å². The van der Waals surface area contributed by atoms with Crippen molar-refractivity contribution >= 4 is 5.91 Å². The maximum absolute atomic E-state index is 12.3. The molecule has 2 atom stereocenters. The Labute approximate surface area is 293 Å². The van der Waals surface area contributed by atoms with Gasteiger partial charge in [-0.3, -0.25) is 4.79 Å². The molecule has 0 aliphatic heterocycles. The molecule has 276 valence electrons. The van der Waals surface area contributed by atoms with E-state index in [0.717, 1.165) is 38.5 Å². The summed E-state index contributed by atoms with van der Waals surface area (Å²) in [7, 11) is 0. The van der Waals surface area contributed by atoms with Gasteiger partial charge in [0.1, 0.15) is 0 Å². The molecule has 0 aromatic rings. The number of allylic oxidation sites excluding steroid dienone is 5. The zero-order valence-corrected chi connectivity index (χ0v) is 31.5. The Balaban J connectivity index is 3.61. The maximum atomic E-state index is 12.3. The van der Waals surface area contributed by atoms with Crippen LogP contribution in [0.15, 0.2) is 36.5 Å². The first-order chi connectivity index (χ1) is 23.2. The summed E-state index contributed by atoms with van der Waals surface area (Å²) in [4.78, 5) is 12.3. The molecular formula is C43H81NO3. The summed E-state index contributed by atoms with van der Waals surface area (Å²) in [5.74, 6) is -0.0807. The first-order valence-corrected chi connectivity index (χ1v) is 20.7. The molecule has 1 amide bonds. The van der Waals surface area contributed by atoms with E-state index in [-0.39, 0.29) is 12.5 Å². The van der Waals surface area contributed by atoms with E-state index in [9.17, 15) is 15.0 Å². The van der Waals surface area contributed by atoms with E-state index in [1.807, 2.05) is 6.08 Å². The molecule has 4 heteroatoms. The van der Waals surface area contributed by atoms with Crippen LogP contribution in [0.5, 0.6) is 0 Å². The average Bonchev–Trinajstić information content (AvgIpc) is 3.07. The second-order valence-corrected chi connectivity index (χ2v) is 14.0. The summed E-state index contributed by atoms with van der Waals surface area (Å²) >= 11 is 0. The van der Waals surface area contributed by atoms with Gasteiger partial charge in [0.15, 0.2) is 0 Å². The molecule has 0 fully saturated rings. The first-order valence-electron chi connectivity index (χ1n) is 20.7. The van der Waals surface area contributed by atoms with E-state index < -0.39 is 12.1 Å². The number of rotatable bonds is 37. The minimum Gasteiger partial charge on any atom is -0.394 e. The average molecular weight is 660 g/mol. The molecule has 47 heavy (non-hydrogen) atoms. The molecule has 0 aromatic heterocycles. The molecule has 0 saturated heterocycles. The summed E-state index contributed by atoms with van der Waals surface area (Å²) in [5.41, 5.74) is 0. The fraction of sp³-hybridized carbons (Fsp3) is 0.837. The predicted molar refractivity (Wildman–Crippen MR) is 207 cm³/mol. The Morgan fingerprint density at radius 1 is 0.489 bits per heavy atom. The molecule has 0 bridgehead atoms. The van der Waals surface area contributed by atoms with Gasteiger partial charge in [-0.15, -0.1) is 0 Å². The molecule has 4 nitrogen and oxygen atoms in total. The lowest BCUT2D eigenvalue weighted by molar-refractivity contribution is -0.123. The quantitative estimate of drug-likeness (QED) is 0.0459. The van der Waals surface area contributed by atoms with Crippen LogP contribution >= 0.6 is 0 Å². The number of nitrogens with one attached hydrogen (secondary N) is 1. The molecule has 0 saturated carbocycles. The Kier molecular flexibility index (Phi) is 37.9. The second-order valence-electron chi connectivity index (χ2n) is 14.0. The van der Waals surface area contributed by atoms with Gasteiger partial charge < -0.3 is 15.5 Å². The van der Waals surface area contributed by atoms with Crippen molar-refractivity contribution in [2.24, 2.45) is 0 Å². The topological polar surface area (TPSA) is 69.6 Å². The standard InChI is InChI=1S/C43H81NO3/c1-3-5-7-9-11-13-15-16-17-18-19-20-21-22-23-24-25-26-27-28-29-30-32-34-36-38-42(46)41(40-45)44-43(47)39-37-35-33-31-14-12-10-8-6-4-2/h25-26,29-30,36,38,41-42,45-46H,3-24,27-28,31-35,37,39-40H2,1-2H3,(H,44,47)/b26-25+,30-29+,38-36+. The highest BCUT2D eigenvalue weighted by Crippen LogP contribution is 2.14. The van der Waals surface area contributed by atoms with E-state index in [1.165, 1.54) is 154 Å². The van der Waals surface area contributed by atoms with Gasteiger partial charge >= 0.3 is 0 Å². The second kappa shape index (κ2) is 39.1. The molecule has 0 aliphatic carbocycles. The summed E-state index contributed by atoms with van der Waals surface area (Å²) < 4.78 is 0. The van der Waals surface area contributed by atoms with Crippen LogP contribution < -0.4 is 5.32 Å². The van der Waals surface area contributed by atoms with Gasteiger partial charge in [-0.05, 0) is 44.9 Å². The van der Waals surface area contributed by atoms with Crippen molar-refractivity contribution in [3.05, 3.63) is 36.5 Å². The minimum absolute atomic E-state index is 0.0807.